The van der Waals surface area contributed by atoms with Gasteiger partial charge in [-0.1, -0.05) is 23.9 Å². The Labute approximate surface area is 181 Å². The van der Waals surface area contributed by atoms with Gasteiger partial charge in [0.25, 0.3) is 5.56 Å². The number of aryl methyl sites for hydroxylation is 3. The van der Waals surface area contributed by atoms with Crippen LogP contribution in [-0.4, -0.2) is 37.2 Å². The number of rotatable bonds is 6. The third-order valence-electron chi connectivity index (χ3n) is 5.30. The maximum atomic E-state index is 13.8. The first-order chi connectivity index (χ1) is 14.8. The van der Waals surface area contributed by atoms with E-state index in [4.69, 9.17) is 9.72 Å². The number of fused-ring (bicyclic) bond motifs is 3. The Morgan fingerprint density at radius 1 is 1.23 bits per heavy atom. The molecular formula is C21H21N5O2S2. The van der Waals surface area contributed by atoms with Crippen molar-refractivity contribution >= 4 is 33.3 Å². The van der Waals surface area contributed by atoms with E-state index in [-0.39, 0.29) is 5.56 Å². The van der Waals surface area contributed by atoms with Crippen LogP contribution in [0.4, 0.5) is 0 Å². The molecule has 0 N–H and O–H groups in total. The number of para-hydroxylation sites is 2. The predicted octanol–water partition coefficient (Wildman–Crippen LogP) is 3.72. The Morgan fingerprint density at radius 2 is 2.10 bits per heavy atom. The van der Waals surface area contributed by atoms with Crippen LogP contribution in [0.25, 0.3) is 15.9 Å². The van der Waals surface area contributed by atoms with Crippen LogP contribution < -0.4 is 10.3 Å². The maximum Gasteiger partial charge on any atom is 0.267 e. The minimum absolute atomic E-state index is 0.00726. The number of thiophene rings is 1. The molecule has 0 amide bonds. The van der Waals surface area contributed by atoms with Gasteiger partial charge in [0.15, 0.2) is 5.16 Å². The molecule has 0 atom stereocenters. The van der Waals surface area contributed by atoms with Gasteiger partial charge in [-0.15, -0.1) is 11.3 Å². The molecule has 0 bridgehead atoms. The summed E-state index contributed by atoms with van der Waals surface area (Å²) < 4.78 is 9.06. The molecular weight excluding hydrogens is 418 g/mol. The lowest BCUT2D eigenvalue weighted by Crippen LogP contribution is -2.23. The number of benzene rings is 1. The molecule has 30 heavy (non-hydrogen) atoms. The molecule has 0 unspecified atom stereocenters. The first-order valence-electron chi connectivity index (χ1n) is 9.92. The summed E-state index contributed by atoms with van der Waals surface area (Å²) in [5, 5.41) is 5.61. The van der Waals surface area contributed by atoms with Gasteiger partial charge in [0.2, 0.25) is 0 Å². The molecule has 9 heteroatoms. The average molecular weight is 440 g/mol. The number of hydrogen-bond acceptors (Lipinski definition) is 7. The Kier molecular flexibility index (Phi) is 5.30. The number of hydrogen-bond donors (Lipinski definition) is 0. The summed E-state index contributed by atoms with van der Waals surface area (Å²) in [6.07, 6.45) is 7.52. The molecule has 0 spiro atoms. The van der Waals surface area contributed by atoms with Crippen molar-refractivity contribution in [1.29, 1.82) is 0 Å². The molecule has 0 saturated carbocycles. The number of nitrogens with zero attached hydrogens (tertiary/aromatic N) is 5. The van der Waals surface area contributed by atoms with Crippen molar-refractivity contribution in [2.45, 2.75) is 37.4 Å². The van der Waals surface area contributed by atoms with E-state index >= 15 is 0 Å². The van der Waals surface area contributed by atoms with Crippen LogP contribution in [-0.2, 0) is 19.4 Å². The van der Waals surface area contributed by atoms with Gasteiger partial charge in [0.05, 0.1) is 24.7 Å². The second-order valence-electron chi connectivity index (χ2n) is 7.10. The van der Waals surface area contributed by atoms with Crippen LogP contribution >= 0.6 is 23.1 Å². The van der Waals surface area contributed by atoms with E-state index < -0.39 is 0 Å². The van der Waals surface area contributed by atoms with Crippen molar-refractivity contribution in [3.8, 4) is 11.4 Å². The fraction of sp³-hybridized carbons (Fsp3) is 0.333. The minimum Gasteiger partial charge on any atom is -0.495 e. The first kappa shape index (κ1) is 19.3. The molecule has 0 radical (unpaired) electrons. The van der Waals surface area contributed by atoms with Gasteiger partial charge in [0.1, 0.15) is 23.2 Å². The van der Waals surface area contributed by atoms with Crippen molar-refractivity contribution in [2.24, 2.45) is 0 Å². The maximum absolute atomic E-state index is 13.8. The summed E-state index contributed by atoms with van der Waals surface area (Å²) >= 11 is 3.23. The smallest absolute Gasteiger partial charge is 0.267 e. The van der Waals surface area contributed by atoms with Gasteiger partial charge < -0.3 is 4.74 Å². The average Bonchev–Trinajstić information content (AvgIpc) is 3.41. The van der Waals surface area contributed by atoms with Crippen molar-refractivity contribution in [1.82, 2.24) is 24.3 Å². The van der Waals surface area contributed by atoms with E-state index in [2.05, 4.69) is 10.1 Å². The largest absolute Gasteiger partial charge is 0.495 e. The van der Waals surface area contributed by atoms with Crippen molar-refractivity contribution < 1.29 is 4.74 Å². The summed E-state index contributed by atoms with van der Waals surface area (Å²) in [7, 11) is 1.62. The topological polar surface area (TPSA) is 74.8 Å². The number of ether oxygens (including phenoxy) is 1. The molecule has 1 aliphatic rings. The Morgan fingerprint density at radius 3 is 2.93 bits per heavy atom. The zero-order valence-corrected chi connectivity index (χ0v) is 18.2. The van der Waals surface area contributed by atoms with E-state index in [9.17, 15) is 4.79 Å². The fourth-order valence-corrected chi connectivity index (χ4v) is 6.13. The van der Waals surface area contributed by atoms with E-state index in [1.54, 1.807) is 45.8 Å². The molecule has 1 aromatic carbocycles. The molecule has 0 fully saturated rings. The van der Waals surface area contributed by atoms with E-state index in [1.807, 2.05) is 24.3 Å². The quantitative estimate of drug-likeness (QED) is 0.337. The highest BCUT2D eigenvalue weighted by molar-refractivity contribution is 7.99. The van der Waals surface area contributed by atoms with Crippen LogP contribution in [0.1, 0.15) is 23.3 Å². The molecule has 7 nitrogen and oxygen atoms in total. The summed E-state index contributed by atoms with van der Waals surface area (Å²) in [5.41, 5.74) is 1.91. The van der Waals surface area contributed by atoms with Crippen molar-refractivity contribution in [2.75, 3.05) is 12.9 Å². The zero-order chi connectivity index (χ0) is 20.5. The normalized spacial score (nSPS) is 13.5. The van der Waals surface area contributed by atoms with Crippen LogP contribution in [0.2, 0.25) is 0 Å². The van der Waals surface area contributed by atoms with Gasteiger partial charge >= 0.3 is 0 Å². The highest BCUT2D eigenvalue weighted by Gasteiger charge is 2.23. The van der Waals surface area contributed by atoms with Gasteiger partial charge in [-0.2, -0.15) is 5.10 Å². The molecule has 0 aliphatic heterocycles. The van der Waals surface area contributed by atoms with Gasteiger partial charge in [-0.3, -0.25) is 14.0 Å². The highest BCUT2D eigenvalue weighted by Crippen LogP contribution is 2.36. The van der Waals surface area contributed by atoms with Gasteiger partial charge in [0, 0.05) is 10.6 Å². The third-order valence-corrected chi connectivity index (χ3v) is 7.41. The zero-order valence-electron chi connectivity index (χ0n) is 16.6. The third kappa shape index (κ3) is 3.41. The Hall–Kier alpha value is -2.65. The lowest BCUT2D eigenvalue weighted by molar-refractivity contribution is 0.411. The minimum atomic E-state index is -0.00726. The number of methoxy groups -OCH3 is 1. The Balaban J connectivity index is 1.65. The monoisotopic (exact) mass is 439 g/mol. The molecule has 3 heterocycles. The fourth-order valence-electron chi connectivity index (χ4n) is 3.89. The predicted molar refractivity (Wildman–Crippen MR) is 119 cm³/mol. The first-order valence-corrected chi connectivity index (χ1v) is 11.7. The second kappa shape index (κ2) is 8.23. The van der Waals surface area contributed by atoms with Crippen LogP contribution in [0.3, 0.4) is 0 Å². The summed E-state index contributed by atoms with van der Waals surface area (Å²) in [6.45, 7) is 0.686. The standard InChI is InChI=1S/C21H21N5O2S2/c1-28-16-8-4-3-7-15(16)26-20(27)18-14-6-2-5-9-17(14)30-19(18)24-21(26)29-11-10-25-13-22-12-23-25/h3-4,7-8,12-13H,2,5-6,9-11H2,1H3. The number of aromatic nitrogens is 5. The molecule has 3 aromatic heterocycles. The highest BCUT2D eigenvalue weighted by atomic mass is 32.2. The van der Waals surface area contributed by atoms with Crippen LogP contribution in [0.15, 0.2) is 46.9 Å². The van der Waals surface area contributed by atoms with Crippen molar-refractivity contribution in [3.63, 3.8) is 0 Å². The van der Waals surface area contributed by atoms with Crippen LogP contribution in [0.5, 0.6) is 5.75 Å². The summed E-state index contributed by atoms with van der Waals surface area (Å²) in [6, 6.07) is 7.61. The lowest BCUT2D eigenvalue weighted by Gasteiger charge is -2.15. The summed E-state index contributed by atoms with van der Waals surface area (Å²) in [5.74, 6) is 1.38. The summed E-state index contributed by atoms with van der Waals surface area (Å²) in [4.78, 5) is 24.9. The van der Waals surface area contributed by atoms with E-state index in [0.717, 1.165) is 40.9 Å². The van der Waals surface area contributed by atoms with Gasteiger partial charge in [-0.05, 0) is 43.4 Å². The van der Waals surface area contributed by atoms with Crippen LogP contribution in [0, 0.1) is 0 Å². The molecule has 5 rings (SSSR count). The second-order valence-corrected chi connectivity index (χ2v) is 9.25. The molecule has 154 valence electrons. The number of thioether (sulfide) groups is 1. The van der Waals surface area contributed by atoms with E-state index in [0.29, 0.717) is 17.5 Å². The lowest BCUT2D eigenvalue weighted by atomic mass is 9.97. The molecule has 4 aromatic rings. The Bertz CT molecular complexity index is 1250. The van der Waals surface area contributed by atoms with Crippen molar-refractivity contribution in [3.05, 3.63) is 57.7 Å². The van der Waals surface area contributed by atoms with Gasteiger partial charge in [-0.25, -0.2) is 9.97 Å². The SMILES string of the molecule is COc1ccccc1-n1c(SCCn2cncn2)nc2sc3c(c2c1=O)CCCC3. The van der Waals surface area contributed by atoms with E-state index in [1.165, 1.54) is 23.2 Å². The molecule has 1 aliphatic carbocycles. The molecule has 0 saturated heterocycles.